The number of aliphatic hydroxyl groups excluding tert-OH is 1. The maximum Gasteiger partial charge on any atom is 0.401 e. The quantitative estimate of drug-likeness (QED) is 0.708. The monoisotopic (exact) mass is 270 g/mol. The molecule has 0 aliphatic carbocycles. The molecule has 0 aromatic heterocycles. The molecule has 0 saturated heterocycles. The summed E-state index contributed by atoms with van der Waals surface area (Å²) < 4.78 is 36.3. The van der Waals surface area contributed by atoms with Gasteiger partial charge in [-0.15, -0.1) is 0 Å². The number of halogens is 3. The van der Waals surface area contributed by atoms with Crippen molar-refractivity contribution in [3.8, 4) is 0 Å². The second kappa shape index (κ2) is 7.31. The number of alkyl halides is 3. The fraction of sp³-hybridized carbons (Fsp3) is 1.00. The Morgan fingerprint density at radius 1 is 1.28 bits per heavy atom. The summed E-state index contributed by atoms with van der Waals surface area (Å²) in [6, 6.07) is 0.232. The van der Waals surface area contributed by atoms with E-state index in [1.165, 1.54) is 11.9 Å². The smallest absolute Gasteiger partial charge is 0.394 e. The third kappa shape index (κ3) is 8.72. The Kier molecular flexibility index (Phi) is 7.17. The lowest BCUT2D eigenvalue weighted by molar-refractivity contribution is -0.143. The molecule has 1 atom stereocenters. The minimum atomic E-state index is -4.15. The average molecular weight is 270 g/mol. The zero-order chi connectivity index (χ0) is 14.4. The second-order valence-corrected chi connectivity index (χ2v) is 5.47. The van der Waals surface area contributed by atoms with Gasteiger partial charge in [-0.05, 0) is 33.4 Å². The van der Waals surface area contributed by atoms with Gasteiger partial charge in [0.2, 0.25) is 0 Å². The van der Waals surface area contributed by atoms with Gasteiger partial charge in [-0.3, -0.25) is 4.90 Å². The van der Waals surface area contributed by atoms with E-state index in [4.69, 9.17) is 0 Å². The highest BCUT2D eigenvalue weighted by Crippen LogP contribution is 2.17. The van der Waals surface area contributed by atoms with Crippen LogP contribution < -0.4 is 5.32 Å². The number of hydrogen-bond acceptors (Lipinski definition) is 3. The van der Waals surface area contributed by atoms with Crippen molar-refractivity contribution in [1.82, 2.24) is 10.2 Å². The Morgan fingerprint density at radius 3 is 2.22 bits per heavy atom. The van der Waals surface area contributed by atoms with E-state index >= 15 is 0 Å². The van der Waals surface area contributed by atoms with Gasteiger partial charge in [0.25, 0.3) is 0 Å². The first kappa shape index (κ1) is 17.7. The molecule has 18 heavy (non-hydrogen) atoms. The fourth-order valence-corrected chi connectivity index (χ4v) is 2.02. The zero-order valence-corrected chi connectivity index (χ0v) is 11.6. The van der Waals surface area contributed by atoms with Crippen LogP contribution in [0.15, 0.2) is 0 Å². The first-order valence-corrected chi connectivity index (χ1v) is 6.22. The normalized spacial score (nSPS) is 16.3. The molecule has 0 aliphatic rings. The van der Waals surface area contributed by atoms with E-state index in [0.717, 1.165) is 0 Å². The van der Waals surface area contributed by atoms with E-state index in [2.05, 4.69) is 5.32 Å². The van der Waals surface area contributed by atoms with Gasteiger partial charge in [-0.1, -0.05) is 13.8 Å². The molecule has 0 spiro atoms. The van der Waals surface area contributed by atoms with Crippen LogP contribution in [-0.2, 0) is 0 Å². The second-order valence-electron chi connectivity index (χ2n) is 5.47. The highest BCUT2D eigenvalue weighted by molar-refractivity contribution is 4.84. The first-order chi connectivity index (χ1) is 8.08. The lowest BCUT2D eigenvalue weighted by Gasteiger charge is -2.32. The highest BCUT2D eigenvalue weighted by Gasteiger charge is 2.29. The Labute approximate surface area is 107 Å². The van der Waals surface area contributed by atoms with Gasteiger partial charge in [0, 0.05) is 11.6 Å². The molecule has 110 valence electrons. The van der Waals surface area contributed by atoms with E-state index in [0.29, 0.717) is 19.4 Å². The Hall–Kier alpha value is -0.330. The van der Waals surface area contributed by atoms with Crippen LogP contribution in [0.25, 0.3) is 0 Å². The lowest BCUT2D eigenvalue weighted by Crippen LogP contribution is -2.49. The first-order valence-electron chi connectivity index (χ1n) is 6.22. The van der Waals surface area contributed by atoms with Crippen LogP contribution in [0.1, 0.15) is 33.6 Å². The predicted molar refractivity (Wildman–Crippen MR) is 66.5 cm³/mol. The molecule has 0 fully saturated rings. The third-order valence-electron chi connectivity index (χ3n) is 2.70. The number of nitrogens with zero attached hydrogens (tertiary/aromatic N) is 1. The van der Waals surface area contributed by atoms with Crippen molar-refractivity contribution in [1.29, 1.82) is 0 Å². The number of aliphatic hydroxyl groups is 1. The molecule has 0 aliphatic heterocycles. The van der Waals surface area contributed by atoms with E-state index in [1.54, 1.807) is 0 Å². The number of rotatable bonds is 8. The molecule has 0 bridgehead atoms. The topological polar surface area (TPSA) is 35.5 Å². The van der Waals surface area contributed by atoms with E-state index in [-0.39, 0.29) is 12.6 Å². The van der Waals surface area contributed by atoms with Gasteiger partial charge < -0.3 is 10.4 Å². The van der Waals surface area contributed by atoms with Crippen molar-refractivity contribution in [3.05, 3.63) is 0 Å². The molecule has 0 amide bonds. The molecule has 0 saturated carbocycles. The van der Waals surface area contributed by atoms with Crippen LogP contribution in [0.4, 0.5) is 13.2 Å². The van der Waals surface area contributed by atoms with E-state index in [1.807, 2.05) is 20.8 Å². The largest absolute Gasteiger partial charge is 0.401 e. The molecular weight excluding hydrogens is 245 g/mol. The van der Waals surface area contributed by atoms with Crippen molar-refractivity contribution < 1.29 is 18.3 Å². The summed E-state index contributed by atoms with van der Waals surface area (Å²) in [7, 11) is 1.46. The predicted octanol–water partition coefficient (Wildman–Crippen LogP) is 2.01. The summed E-state index contributed by atoms with van der Waals surface area (Å²) in [5, 5.41) is 12.6. The molecule has 2 N–H and O–H groups in total. The molecule has 3 nitrogen and oxygen atoms in total. The van der Waals surface area contributed by atoms with Crippen LogP contribution in [0, 0.1) is 0 Å². The average Bonchev–Trinajstić information content (AvgIpc) is 2.13. The highest BCUT2D eigenvalue weighted by atomic mass is 19.4. The van der Waals surface area contributed by atoms with Gasteiger partial charge in [-0.25, -0.2) is 0 Å². The molecule has 0 radical (unpaired) electrons. The van der Waals surface area contributed by atoms with Crippen LogP contribution in [0.2, 0.25) is 0 Å². The third-order valence-corrected chi connectivity index (χ3v) is 2.70. The standard InChI is InChI=1S/C12H25F3N2O/c1-10(2)16-11(3,9-18)6-5-7-17(4)8-12(13,14)15/h10,16,18H,5-9H2,1-4H3. The molecule has 0 aromatic rings. The van der Waals surface area contributed by atoms with Crippen LogP contribution in [-0.4, -0.2) is 54.5 Å². The number of nitrogens with one attached hydrogen (secondary N) is 1. The Bertz CT molecular complexity index is 234. The van der Waals surface area contributed by atoms with Crippen molar-refractivity contribution in [2.75, 3.05) is 26.7 Å². The van der Waals surface area contributed by atoms with Crippen molar-refractivity contribution in [3.63, 3.8) is 0 Å². The summed E-state index contributed by atoms with van der Waals surface area (Å²) in [4.78, 5) is 1.26. The Balaban J connectivity index is 4.00. The molecule has 0 heterocycles. The lowest BCUT2D eigenvalue weighted by atomic mass is 9.95. The van der Waals surface area contributed by atoms with Crippen molar-refractivity contribution in [2.45, 2.75) is 51.4 Å². The van der Waals surface area contributed by atoms with Gasteiger partial charge >= 0.3 is 6.18 Å². The molecule has 0 aromatic carbocycles. The van der Waals surface area contributed by atoms with Crippen LogP contribution >= 0.6 is 0 Å². The van der Waals surface area contributed by atoms with Crippen LogP contribution in [0.3, 0.4) is 0 Å². The SMILES string of the molecule is CC(C)NC(C)(CO)CCCN(C)CC(F)(F)F. The maximum atomic E-state index is 12.1. The van der Waals surface area contributed by atoms with E-state index in [9.17, 15) is 18.3 Å². The molecular formula is C12H25F3N2O. The van der Waals surface area contributed by atoms with E-state index < -0.39 is 18.3 Å². The summed E-state index contributed by atoms with van der Waals surface area (Å²) >= 11 is 0. The molecule has 6 heteroatoms. The summed E-state index contributed by atoms with van der Waals surface area (Å²) in [6.07, 6.45) is -2.89. The molecule has 0 rings (SSSR count). The van der Waals surface area contributed by atoms with Gasteiger partial charge in [0.15, 0.2) is 0 Å². The number of hydrogen-bond donors (Lipinski definition) is 2. The maximum absolute atomic E-state index is 12.1. The fourth-order valence-electron chi connectivity index (χ4n) is 2.02. The van der Waals surface area contributed by atoms with Crippen molar-refractivity contribution >= 4 is 0 Å². The molecule has 1 unspecified atom stereocenters. The van der Waals surface area contributed by atoms with Gasteiger partial charge in [0.05, 0.1) is 13.2 Å². The summed E-state index contributed by atoms with van der Waals surface area (Å²) in [5.74, 6) is 0. The zero-order valence-electron chi connectivity index (χ0n) is 11.6. The van der Waals surface area contributed by atoms with Gasteiger partial charge in [-0.2, -0.15) is 13.2 Å². The minimum absolute atomic E-state index is 0.0197. The van der Waals surface area contributed by atoms with Crippen LogP contribution in [0.5, 0.6) is 0 Å². The summed E-state index contributed by atoms with van der Waals surface area (Å²) in [6.45, 7) is 5.30. The minimum Gasteiger partial charge on any atom is -0.394 e. The Morgan fingerprint density at radius 2 is 1.83 bits per heavy atom. The van der Waals surface area contributed by atoms with Gasteiger partial charge in [0.1, 0.15) is 0 Å². The summed E-state index contributed by atoms with van der Waals surface area (Å²) in [5.41, 5.74) is -0.423. The van der Waals surface area contributed by atoms with Crippen molar-refractivity contribution in [2.24, 2.45) is 0 Å².